The maximum atomic E-state index is 13.5. The fourth-order valence-electron chi connectivity index (χ4n) is 3.84. The molecule has 0 radical (unpaired) electrons. The first-order chi connectivity index (χ1) is 16.4. The van der Waals surface area contributed by atoms with E-state index in [1.165, 1.54) is 44.5 Å². The zero-order valence-electron chi connectivity index (χ0n) is 19.0. The molecule has 3 rings (SSSR count). The second-order valence-corrected chi connectivity index (χ2v) is 7.56. The summed E-state index contributed by atoms with van der Waals surface area (Å²) in [5.74, 6) is -0.857. The molecule has 10 heteroatoms. The first-order valence-corrected chi connectivity index (χ1v) is 10.4. The van der Waals surface area contributed by atoms with Gasteiger partial charge in [0, 0.05) is 35.7 Å². The van der Waals surface area contributed by atoms with Gasteiger partial charge < -0.3 is 9.47 Å². The molecular formula is C25H21F6NO3. The Bertz CT molecular complexity index is 1220. The quantitative estimate of drug-likeness (QED) is 0.248. The highest BCUT2D eigenvalue weighted by atomic mass is 19.4. The summed E-state index contributed by atoms with van der Waals surface area (Å²) in [6.45, 7) is 1.55. The molecule has 1 aliphatic carbocycles. The number of rotatable bonds is 6. The van der Waals surface area contributed by atoms with Gasteiger partial charge in [0.25, 0.3) is 0 Å². The summed E-state index contributed by atoms with van der Waals surface area (Å²) in [6, 6.07) is 8.31. The molecule has 0 N–H and O–H groups in total. The largest absolute Gasteiger partial charge is 0.573 e. The van der Waals surface area contributed by atoms with Crippen LogP contribution in [0.4, 0.5) is 26.3 Å². The number of allylic oxidation sites excluding steroid dienone is 4. The van der Waals surface area contributed by atoms with Crippen LogP contribution in [-0.2, 0) is 6.42 Å². The number of carbonyl (C=O) groups excluding carboxylic acids is 1. The highest BCUT2D eigenvalue weighted by Crippen LogP contribution is 2.42. The lowest BCUT2D eigenvalue weighted by molar-refractivity contribution is -0.274. The van der Waals surface area contributed by atoms with E-state index < -0.39 is 29.6 Å². The molecule has 0 amide bonds. The number of benzene rings is 2. The first-order valence-electron chi connectivity index (χ1n) is 10.4. The molecule has 2 aromatic carbocycles. The minimum atomic E-state index is -4.93. The smallest absolute Gasteiger partial charge is 0.496 e. The molecule has 0 spiro atoms. The zero-order chi connectivity index (χ0) is 26.0. The number of hydrogen-bond acceptors (Lipinski definition) is 4. The Balaban J connectivity index is 2.08. The second-order valence-electron chi connectivity index (χ2n) is 7.56. The minimum absolute atomic E-state index is 0.0241. The van der Waals surface area contributed by atoms with Crippen LogP contribution >= 0.6 is 0 Å². The molecule has 0 saturated heterocycles. The van der Waals surface area contributed by atoms with E-state index in [1.54, 1.807) is 6.92 Å². The second kappa shape index (κ2) is 9.97. The van der Waals surface area contributed by atoms with Gasteiger partial charge in [-0.2, -0.15) is 13.2 Å². The van der Waals surface area contributed by atoms with E-state index >= 15 is 0 Å². The van der Waals surface area contributed by atoms with E-state index in [2.05, 4.69) is 9.73 Å². The van der Waals surface area contributed by atoms with Crippen molar-refractivity contribution in [2.45, 2.75) is 32.3 Å². The summed E-state index contributed by atoms with van der Waals surface area (Å²) >= 11 is 0. The van der Waals surface area contributed by atoms with Gasteiger partial charge in [0.2, 0.25) is 0 Å². The number of carbonyl (C=O) groups is 1. The Morgan fingerprint density at radius 3 is 2.29 bits per heavy atom. The van der Waals surface area contributed by atoms with Gasteiger partial charge in [-0.3, -0.25) is 9.79 Å². The molecule has 2 aromatic rings. The summed E-state index contributed by atoms with van der Waals surface area (Å²) in [4.78, 5) is 16.7. The number of nitrogens with zero attached hydrogens (tertiary/aromatic N) is 1. The summed E-state index contributed by atoms with van der Waals surface area (Å²) < 4.78 is 88.7. The predicted molar refractivity (Wildman–Crippen MR) is 119 cm³/mol. The number of fused-ring (bicyclic) bond motifs is 1. The number of Topliss-reactive ketones (excluding diaryl/α,β-unsaturated/α-hetero) is 1. The third-order valence-corrected chi connectivity index (χ3v) is 5.29. The lowest BCUT2D eigenvalue weighted by Crippen LogP contribution is -2.20. The number of hydrogen-bond donors (Lipinski definition) is 0. The SMILES string of the molecule is CC/C=C(\C(/C=C1\Cc2cc(-c3ccccc3OC(F)(F)F)c(OC)cc2C1=O)=NC)C(F)(F)F. The molecule has 0 unspecified atom stereocenters. The van der Waals surface area contributed by atoms with Crippen LogP contribution in [0.1, 0.15) is 29.3 Å². The van der Waals surface area contributed by atoms with Gasteiger partial charge in [-0.05, 0) is 36.3 Å². The van der Waals surface area contributed by atoms with E-state index in [0.29, 0.717) is 5.56 Å². The predicted octanol–water partition coefficient (Wildman–Crippen LogP) is 6.90. The van der Waals surface area contributed by atoms with Gasteiger partial charge in [0.1, 0.15) is 11.5 Å². The van der Waals surface area contributed by atoms with E-state index in [4.69, 9.17) is 4.74 Å². The van der Waals surface area contributed by atoms with Crippen molar-refractivity contribution >= 4 is 11.5 Å². The third-order valence-electron chi connectivity index (χ3n) is 5.29. The standard InChI is InChI=1S/C25H21F6NO3/c1-4-7-19(24(26,27)28)20(32-2)12-15-10-14-11-18(22(34-3)13-17(14)23(15)33)16-8-5-6-9-21(16)35-25(29,30)31/h5-9,11-13H,4,10H2,1-3H3/b15-12+,19-7+,32-20?. The van der Waals surface area contributed by atoms with Crippen molar-refractivity contribution in [2.24, 2.45) is 4.99 Å². The fourth-order valence-corrected chi connectivity index (χ4v) is 3.84. The van der Waals surface area contributed by atoms with Crippen LogP contribution in [0.2, 0.25) is 0 Å². The van der Waals surface area contributed by atoms with Crippen LogP contribution < -0.4 is 9.47 Å². The topological polar surface area (TPSA) is 47.9 Å². The van der Waals surface area contributed by atoms with E-state index in [9.17, 15) is 31.1 Å². The summed E-state index contributed by atoms with van der Waals surface area (Å²) in [5, 5.41) is 0. The molecule has 0 heterocycles. The Kier molecular flexibility index (Phi) is 7.42. The molecule has 0 fully saturated rings. The van der Waals surface area contributed by atoms with Crippen LogP contribution in [0.15, 0.2) is 64.7 Å². The van der Waals surface area contributed by atoms with Crippen LogP contribution in [0.25, 0.3) is 11.1 Å². The average Bonchev–Trinajstić information content (AvgIpc) is 3.08. The van der Waals surface area contributed by atoms with Crippen molar-refractivity contribution in [2.75, 3.05) is 14.2 Å². The van der Waals surface area contributed by atoms with Gasteiger partial charge >= 0.3 is 12.5 Å². The first kappa shape index (κ1) is 26.1. The Hall–Kier alpha value is -3.56. The monoisotopic (exact) mass is 497 g/mol. The molecule has 0 atom stereocenters. The molecule has 186 valence electrons. The summed E-state index contributed by atoms with van der Waals surface area (Å²) in [5.41, 5.74) is -0.313. The van der Waals surface area contributed by atoms with Gasteiger partial charge in [0.05, 0.1) is 18.4 Å². The third kappa shape index (κ3) is 5.75. The van der Waals surface area contributed by atoms with Gasteiger partial charge in [-0.25, -0.2) is 0 Å². The normalized spacial score (nSPS) is 16.0. The highest BCUT2D eigenvalue weighted by molar-refractivity contribution is 6.19. The van der Waals surface area contributed by atoms with Crippen LogP contribution in [0.5, 0.6) is 11.5 Å². The Morgan fingerprint density at radius 2 is 1.71 bits per heavy atom. The number of para-hydroxylation sites is 1. The van der Waals surface area contributed by atoms with Crippen molar-refractivity contribution in [3.63, 3.8) is 0 Å². The van der Waals surface area contributed by atoms with Gasteiger partial charge in [-0.15, -0.1) is 13.2 Å². The molecule has 4 nitrogen and oxygen atoms in total. The molecular weight excluding hydrogens is 476 g/mol. The average molecular weight is 497 g/mol. The highest BCUT2D eigenvalue weighted by Gasteiger charge is 2.37. The molecule has 0 bridgehead atoms. The van der Waals surface area contributed by atoms with E-state index in [-0.39, 0.29) is 46.6 Å². The number of ketones is 1. The summed E-state index contributed by atoms with van der Waals surface area (Å²) in [6.07, 6.45) is -7.40. The molecule has 35 heavy (non-hydrogen) atoms. The van der Waals surface area contributed by atoms with E-state index in [0.717, 1.165) is 18.2 Å². The lowest BCUT2D eigenvalue weighted by atomic mass is 9.98. The molecule has 0 aliphatic heterocycles. The van der Waals surface area contributed by atoms with Crippen molar-refractivity contribution in [1.29, 1.82) is 0 Å². The van der Waals surface area contributed by atoms with Crippen molar-refractivity contribution in [3.05, 3.63) is 70.8 Å². The van der Waals surface area contributed by atoms with Crippen LogP contribution in [0.3, 0.4) is 0 Å². The fraction of sp³-hybridized carbons (Fsp3) is 0.280. The summed E-state index contributed by atoms with van der Waals surface area (Å²) in [7, 11) is 2.49. The maximum absolute atomic E-state index is 13.5. The number of halogens is 6. The molecule has 1 aliphatic rings. The van der Waals surface area contributed by atoms with Crippen molar-refractivity contribution in [1.82, 2.24) is 0 Å². The molecule has 0 aromatic heterocycles. The minimum Gasteiger partial charge on any atom is -0.496 e. The zero-order valence-corrected chi connectivity index (χ0v) is 19.0. The van der Waals surface area contributed by atoms with Crippen LogP contribution in [0, 0.1) is 0 Å². The number of alkyl halides is 6. The number of ether oxygens (including phenoxy) is 2. The number of aliphatic imine (C=N–C) groups is 1. The number of methoxy groups -OCH3 is 1. The Morgan fingerprint density at radius 1 is 1.03 bits per heavy atom. The van der Waals surface area contributed by atoms with Gasteiger partial charge in [0.15, 0.2) is 5.78 Å². The van der Waals surface area contributed by atoms with Crippen LogP contribution in [-0.4, -0.2) is 38.2 Å². The van der Waals surface area contributed by atoms with Crippen molar-refractivity contribution in [3.8, 4) is 22.6 Å². The van der Waals surface area contributed by atoms with E-state index in [1.807, 2.05) is 0 Å². The lowest BCUT2D eigenvalue weighted by Gasteiger charge is -2.16. The van der Waals surface area contributed by atoms with Gasteiger partial charge in [-0.1, -0.05) is 31.2 Å². The molecule has 0 saturated carbocycles. The van der Waals surface area contributed by atoms with Crippen molar-refractivity contribution < 1.29 is 40.6 Å². The maximum Gasteiger partial charge on any atom is 0.573 e. The Labute approximate surface area is 197 Å².